The van der Waals surface area contributed by atoms with E-state index in [1.807, 2.05) is 49.4 Å². The van der Waals surface area contributed by atoms with Gasteiger partial charge in [-0.2, -0.15) is 0 Å². The number of rotatable bonds is 2. The first-order valence-electron chi connectivity index (χ1n) is 5.62. The average molecular weight is 256 g/mol. The van der Waals surface area contributed by atoms with Crippen molar-refractivity contribution in [1.29, 1.82) is 0 Å². The van der Waals surface area contributed by atoms with Crippen LogP contribution in [0, 0.1) is 6.92 Å². The van der Waals surface area contributed by atoms with E-state index < -0.39 is 0 Å². The number of benzene rings is 2. The minimum atomic E-state index is 0.622. The molecule has 3 aromatic rings. The van der Waals surface area contributed by atoms with E-state index in [2.05, 4.69) is 4.98 Å². The first kappa shape index (κ1) is 11.0. The van der Waals surface area contributed by atoms with Gasteiger partial charge in [-0.3, -0.25) is 0 Å². The number of hydrogen-bond donors (Lipinski definition) is 1. The van der Waals surface area contributed by atoms with Gasteiger partial charge in [0.05, 0.1) is 15.9 Å². The van der Waals surface area contributed by atoms with Crippen molar-refractivity contribution < 1.29 is 4.74 Å². The smallest absolute Gasteiger partial charge is 0.279 e. The Kier molecular flexibility index (Phi) is 2.64. The second-order valence-electron chi connectivity index (χ2n) is 4.04. The van der Waals surface area contributed by atoms with Gasteiger partial charge in [0.2, 0.25) is 0 Å². The van der Waals surface area contributed by atoms with E-state index in [0.29, 0.717) is 16.6 Å². The lowest BCUT2D eigenvalue weighted by Gasteiger charge is -2.07. The van der Waals surface area contributed by atoms with E-state index in [-0.39, 0.29) is 0 Å². The first-order chi connectivity index (χ1) is 8.74. The van der Waals surface area contributed by atoms with Crippen molar-refractivity contribution in [3.8, 4) is 10.9 Å². The van der Waals surface area contributed by atoms with Crippen LogP contribution in [0.4, 0.5) is 5.69 Å². The summed E-state index contributed by atoms with van der Waals surface area (Å²) < 4.78 is 6.92. The van der Waals surface area contributed by atoms with Gasteiger partial charge >= 0.3 is 0 Å². The molecule has 3 rings (SSSR count). The normalized spacial score (nSPS) is 10.7. The van der Waals surface area contributed by atoms with E-state index in [1.54, 1.807) is 0 Å². The summed E-state index contributed by atoms with van der Waals surface area (Å²) in [5.74, 6) is 0.691. The standard InChI is InChI=1S/C14H12N2OS/c1-9-5-4-6-10(15)13(9)17-14-16-11-7-2-3-8-12(11)18-14/h2-8H,15H2,1H3. The molecule has 1 heterocycles. The highest BCUT2D eigenvalue weighted by Crippen LogP contribution is 2.35. The van der Waals surface area contributed by atoms with Gasteiger partial charge in [0, 0.05) is 0 Å². The number of para-hydroxylation sites is 2. The molecule has 0 aliphatic carbocycles. The molecule has 0 aliphatic rings. The van der Waals surface area contributed by atoms with Gasteiger partial charge in [-0.25, -0.2) is 4.98 Å². The summed E-state index contributed by atoms with van der Waals surface area (Å²) in [6.45, 7) is 1.97. The molecule has 2 N–H and O–H groups in total. The van der Waals surface area contributed by atoms with Gasteiger partial charge in [0.15, 0.2) is 5.75 Å². The summed E-state index contributed by atoms with van der Waals surface area (Å²) in [5.41, 5.74) is 8.51. The maximum atomic E-state index is 5.92. The summed E-state index contributed by atoms with van der Waals surface area (Å²) in [4.78, 5) is 4.43. The van der Waals surface area contributed by atoms with Crippen LogP contribution in [0.5, 0.6) is 10.9 Å². The van der Waals surface area contributed by atoms with E-state index >= 15 is 0 Å². The molecule has 0 aliphatic heterocycles. The highest BCUT2D eigenvalue weighted by molar-refractivity contribution is 7.20. The molecule has 18 heavy (non-hydrogen) atoms. The van der Waals surface area contributed by atoms with Crippen LogP contribution in [0.25, 0.3) is 10.2 Å². The Morgan fingerprint density at radius 1 is 1.11 bits per heavy atom. The van der Waals surface area contributed by atoms with Crippen molar-refractivity contribution in [2.45, 2.75) is 6.92 Å². The number of nitrogen functional groups attached to an aromatic ring is 1. The molecule has 3 nitrogen and oxygen atoms in total. The molecule has 0 saturated heterocycles. The molecule has 0 saturated carbocycles. The lowest BCUT2D eigenvalue weighted by Crippen LogP contribution is -1.93. The van der Waals surface area contributed by atoms with Crippen LogP contribution in [-0.2, 0) is 0 Å². The number of anilines is 1. The fourth-order valence-electron chi connectivity index (χ4n) is 1.80. The first-order valence-corrected chi connectivity index (χ1v) is 6.44. The Bertz CT molecular complexity index is 653. The summed E-state index contributed by atoms with van der Waals surface area (Å²) in [7, 11) is 0. The van der Waals surface area contributed by atoms with Crippen LogP contribution in [0.1, 0.15) is 5.56 Å². The zero-order valence-electron chi connectivity index (χ0n) is 9.88. The number of aromatic nitrogens is 1. The van der Waals surface area contributed by atoms with Gasteiger partial charge in [-0.15, -0.1) is 0 Å². The highest BCUT2D eigenvalue weighted by atomic mass is 32.1. The van der Waals surface area contributed by atoms with Gasteiger partial charge in [0.1, 0.15) is 0 Å². The van der Waals surface area contributed by atoms with Crippen LogP contribution in [-0.4, -0.2) is 4.98 Å². The lowest BCUT2D eigenvalue weighted by atomic mass is 10.2. The minimum absolute atomic E-state index is 0.622. The quantitative estimate of drug-likeness (QED) is 0.705. The molecule has 0 spiro atoms. The molecule has 0 fully saturated rings. The molecule has 0 unspecified atom stereocenters. The Balaban J connectivity index is 2.01. The minimum Gasteiger partial charge on any atom is -0.428 e. The SMILES string of the molecule is Cc1cccc(N)c1Oc1nc2ccccc2s1. The Hall–Kier alpha value is -2.07. The number of nitrogens with zero attached hydrogens (tertiary/aromatic N) is 1. The highest BCUT2D eigenvalue weighted by Gasteiger charge is 2.09. The van der Waals surface area contributed by atoms with Gasteiger partial charge in [-0.1, -0.05) is 35.6 Å². The molecule has 0 radical (unpaired) electrons. The summed E-state index contributed by atoms with van der Waals surface area (Å²) in [6.07, 6.45) is 0. The molecular formula is C14H12N2OS. The molecule has 0 bridgehead atoms. The van der Waals surface area contributed by atoms with Crippen molar-refractivity contribution in [1.82, 2.24) is 4.98 Å². The summed E-state index contributed by atoms with van der Waals surface area (Å²) >= 11 is 1.52. The Morgan fingerprint density at radius 3 is 2.72 bits per heavy atom. The Labute approximate surface area is 109 Å². The number of thiazole rings is 1. The molecule has 0 atom stereocenters. The maximum absolute atomic E-state index is 5.92. The van der Waals surface area contributed by atoms with E-state index in [9.17, 15) is 0 Å². The third-order valence-corrected chi connectivity index (χ3v) is 3.62. The number of fused-ring (bicyclic) bond motifs is 1. The fourth-order valence-corrected chi connectivity index (χ4v) is 2.62. The van der Waals surface area contributed by atoms with Gasteiger partial charge in [-0.05, 0) is 30.7 Å². The summed E-state index contributed by atoms with van der Waals surface area (Å²) in [6, 6.07) is 13.7. The summed E-state index contributed by atoms with van der Waals surface area (Å²) in [5, 5.41) is 0.622. The van der Waals surface area contributed by atoms with E-state index in [0.717, 1.165) is 15.8 Å². The third-order valence-electron chi connectivity index (χ3n) is 2.71. The molecule has 90 valence electrons. The van der Waals surface area contributed by atoms with Crippen LogP contribution in [0.3, 0.4) is 0 Å². The van der Waals surface area contributed by atoms with Gasteiger partial charge < -0.3 is 10.5 Å². The van der Waals surface area contributed by atoms with Crippen LogP contribution in [0.15, 0.2) is 42.5 Å². The zero-order chi connectivity index (χ0) is 12.5. The molecule has 0 amide bonds. The number of hydrogen-bond acceptors (Lipinski definition) is 4. The predicted molar refractivity (Wildman–Crippen MR) is 75.3 cm³/mol. The zero-order valence-corrected chi connectivity index (χ0v) is 10.7. The molecule has 4 heteroatoms. The largest absolute Gasteiger partial charge is 0.428 e. The fraction of sp³-hybridized carbons (Fsp3) is 0.0714. The molecular weight excluding hydrogens is 244 g/mol. The van der Waals surface area contributed by atoms with Gasteiger partial charge in [0.25, 0.3) is 5.19 Å². The average Bonchev–Trinajstić information content (AvgIpc) is 2.76. The number of nitrogens with two attached hydrogens (primary N) is 1. The Morgan fingerprint density at radius 2 is 1.94 bits per heavy atom. The molecule has 1 aromatic heterocycles. The second-order valence-corrected chi connectivity index (χ2v) is 5.04. The predicted octanol–water partition coefficient (Wildman–Crippen LogP) is 3.98. The van der Waals surface area contributed by atoms with Crippen molar-refractivity contribution >= 4 is 27.2 Å². The van der Waals surface area contributed by atoms with E-state index in [1.165, 1.54) is 11.3 Å². The third kappa shape index (κ3) is 1.91. The topological polar surface area (TPSA) is 48.1 Å². The molecule has 2 aromatic carbocycles. The van der Waals surface area contributed by atoms with Crippen molar-refractivity contribution in [2.24, 2.45) is 0 Å². The van der Waals surface area contributed by atoms with Crippen LogP contribution >= 0.6 is 11.3 Å². The number of aryl methyl sites for hydroxylation is 1. The van der Waals surface area contributed by atoms with Crippen LogP contribution in [0.2, 0.25) is 0 Å². The number of ether oxygens (including phenoxy) is 1. The van der Waals surface area contributed by atoms with Crippen molar-refractivity contribution in [3.63, 3.8) is 0 Å². The maximum Gasteiger partial charge on any atom is 0.279 e. The van der Waals surface area contributed by atoms with Crippen molar-refractivity contribution in [2.75, 3.05) is 5.73 Å². The second kappa shape index (κ2) is 4.31. The monoisotopic (exact) mass is 256 g/mol. The van der Waals surface area contributed by atoms with Crippen LogP contribution < -0.4 is 10.5 Å². The van der Waals surface area contributed by atoms with Crippen molar-refractivity contribution in [3.05, 3.63) is 48.0 Å². The lowest BCUT2D eigenvalue weighted by molar-refractivity contribution is 0.479. The van der Waals surface area contributed by atoms with E-state index in [4.69, 9.17) is 10.5 Å².